The van der Waals surface area contributed by atoms with Crippen molar-refractivity contribution < 1.29 is 33.4 Å². The molecule has 2 N–H and O–H groups in total. The van der Waals surface area contributed by atoms with Gasteiger partial charge in [-0.05, 0) is 84.5 Å². The first kappa shape index (κ1) is 29.4. The van der Waals surface area contributed by atoms with E-state index in [4.69, 9.17) is 16.3 Å². The van der Waals surface area contributed by atoms with Gasteiger partial charge in [0.05, 0.1) is 35.1 Å². The molecule has 11 heteroatoms. The molecule has 5 aliphatic rings. The number of fused-ring (bicyclic) bond motifs is 5. The number of benzene rings is 3. The van der Waals surface area contributed by atoms with E-state index in [0.717, 1.165) is 10.6 Å². The number of ether oxygens (including phenoxy) is 1. The molecule has 0 unspecified atom stereocenters. The maximum Gasteiger partial charge on any atom is 0.260 e. The Hall–Kier alpha value is -4.96. The highest BCUT2D eigenvalue weighted by Gasteiger charge is 2.70. The average Bonchev–Trinajstić information content (AvgIpc) is 3.42. The van der Waals surface area contributed by atoms with Gasteiger partial charge in [0.2, 0.25) is 11.8 Å². The highest BCUT2D eigenvalue weighted by molar-refractivity contribution is 6.30. The number of rotatable bonds is 4. The molecule has 2 aliphatic carbocycles. The summed E-state index contributed by atoms with van der Waals surface area (Å²) >= 11 is 6.33. The predicted molar refractivity (Wildman–Crippen MR) is 168 cm³/mol. The van der Waals surface area contributed by atoms with Crippen molar-refractivity contribution in [3.05, 3.63) is 112 Å². The number of phenols is 1. The molecule has 3 aromatic rings. The topological polar surface area (TPSA) is 116 Å². The number of anilines is 1. The first-order valence-corrected chi connectivity index (χ1v) is 15.8. The van der Waals surface area contributed by atoms with Crippen LogP contribution in [0.25, 0.3) is 0 Å². The minimum atomic E-state index is -1.50. The third-order valence-corrected chi connectivity index (χ3v) is 10.9. The van der Waals surface area contributed by atoms with E-state index >= 15 is 4.79 Å². The molecule has 3 aromatic carbocycles. The van der Waals surface area contributed by atoms with Crippen LogP contribution in [-0.4, -0.2) is 45.7 Å². The summed E-state index contributed by atoms with van der Waals surface area (Å²) < 4.78 is 19.9. The smallest absolute Gasteiger partial charge is 0.260 e. The van der Waals surface area contributed by atoms with Crippen LogP contribution in [0, 0.1) is 35.4 Å². The standard InChI is InChI=1S/C36H29ClFN3O6/c1-40-32(43)26-12-11-25-27(30(26)34(40)45)16-28-33(44)41(39-23-8-6-22(38)7-9-23)35(46)36(28,20-2-4-21(37)5-3-20)31(25)19-14-18-15-24(42)10-13-29(18)47-17-19/h2-11,13,15,17,26-28,30-31,39,42H,12,14,16H2,1H3/t26-,27+,28-,30-,31-,36+/m0/s1. The second-order valence-corrected chi connectivity index (χ2v) is 13.3. The Morgan fingerprint density at radius 1 is 0.957 bits per heavy atom. The van der Waals surface area contributed by atoms with Crippen molar-refractivity contribution in [2.45, 2.75) is 24.7 Å². The van der Waals surface area contributed by atoms with Crippen LogP contribution in [0.3, 0.4) is 0 Å². The molecule has 3 aliphatic heterocycles. The number of imide groups is 2. The number of nitrogens with zero attached hydrogens (tertiary/aromatic N) is 2. The second kappa shape index (κ2) is 10.5. The highest BCUT2D eigenvalue weighted by atomic mass is 35.5. The summed E-state index contributed by atoms with van der Waals surface area (Å²) in [7, 11) is 1.49. The lowest BCUT2D eigenvalue weighted by atomic mass is 9.48. The van der Waals surface area contributed by atoms with E-state index in [0.29, 0.717) is 46.0 Å². The molecular weight excluding hydrogens is 625 g/mol. The summed E-state index contributed by atoms with van der Waals surface area (Å²) in [6, 6.07) is 17.0. The van der Waals surface area contributed by atoms with Gasteiger partial charge in [0.25, 0.3) is 11.8 Å². The van der Waals surface area contributed by atoms with Crippen LogP contribution >= 0.6 is 11.6 Å². The van der Waals surface area contributed by atoms with E-state index in [2.05, 4.69) is 5.43 Å². The summed E-state index contributed by atoms with van der Waals surface area (Å²) in [6.07, 6.45) is 4.34. The van der Waals surface area contributed by atoms with Gasteiger partial charge in [0.1, 0.15) is 17.3 Å². The minimum absolute atomic E-state index is 0.0556. The third kappa shape index (κ3) is 4.20. The molecule has 9 nitrogen and oxygen atoms in total. The van der Waals surface area contributed by atoms with Crippen molar-refractivity contribution in [2.75, 3.05) is 12.5 Å². The zero-order valence-electron chi connectivity index (χ0n) is 25.2. The van der Waals surface area contributed by atoms with E-state index in [-0.39, 0.29) is 24.0 Å². The molecule has 2 saturated heterocycles. The van der Waals surface area contributed by atoms with E-state index in [1.54, 1.807) is 42.7 Å². The molecule has 47 heavy (non-hydrogen) atoms. The second-order valence-electron chi connectivity index (χ2n) is 12.9. The van der Waals surface area contributed by atoms with Crippen LogP contribution in [0.4, 0.5) is 10.1 Å². The van der Waals surface area contributed by atoms with E-state index in [1.165, 1.54) is 42.3 Å². The Kier molecular flexibility index (Phi) is 6.60. The van der Waals surface area contributed by atoms with Gasteiger partial charge < -0.3 is 9.84 Å². The van der Waals surface area contributed by atoms with E-state index in [9.17, 15) is 23.9 Å². The molecule has 0 radical (unpaired) electrons. The largest absolute Gasteiger partial charge is 0.508 e. The molecule has 0 spiro atoms. The van der Waals surface area contributed by atoms with Crippen molar-refractivity contribution in [3.63, 3.8) is 0 Å². The Bertz CT molecular complexity index is 1940. The summed E-state index contributed by atoms with van der Waals surface area (Å²) in [6.45, 7) is 0. The lowest BCUT2D eigenvalue weighted by Gasteiger charge is -2.51. The molecule has 0 aromatic heterocycles. The maximum absolute atomic E-state index is 15.1. The number of carbonyl (C=O) groups is 4. The fourth-order valence-electron chi connectivity index (χ4n) is 8.63. The van der Waals surface area contributed by atoms with Gasteiger partial charge in [0, 0.05) is 30.0 Å². The van der Waals surface area contributed by atoms with Gasteiger partial charge in [-0.2, -0.15) is 5.01 Å². The normalized spacial score (nSPS) is 29.4. The first-order valence-electron chi connectivity index (χ1n) is 15.4. The number of nitrogens with one attached hydrogen (secondary N) is 1. The monoisotopic (exact) mass is 653 g/mol. The number of carbonyl (C=O) groups excluding carboxylic acids is 4. The molecule has 4 amide bonds. The number of phenolic OH excluding ortho intramolecular Hbond substituents is 1. The number of hydrogen-bond donors (Lipinski definition) is 2. The van der Waals surface area contributed by atoms with Gasteiger partial charge >= 0.3 is 0 Å². The molecule has 8 rings (SSSR count). The number of halogens is 2. The van der Waals surface area contributed by atoms with Crippen molar-refractivity contribution in [1.29, 1.82) is 0 Å². The van der Waals surface area contributed by atoms with Crippen LogP contribution in [-0.2, 0) is 31.0 Å². The van der Waals surface area contributed by atoms with Crippen LogP contribution in [0.15, 0.2) is 90.2 Å². The van der Waals surface area contributed by atoms with Crippen molar-refractivity contribution in [1.82, 2.24) is 9.91 Å². The Morgan fingerprint density at radius 3 is 2.45 bits per heavy atom. The molecule has 1 saturated carbocycles. The SMILES string of the molecule is CN1C(=O)[C@H]2[C@H](CC=C3[C@H](C4=COc5ccc(O)cc5C4)[C@]4(c5ccc(Cl)cc5)C(=O)N(Nc5ccc(F)cc5)C(=O)[C@@H]4C[C@H]32)C1=O. The quantitative estimate of drug-likeness (QED) is 0.296. The zero-order valence-corrected chi connectivity index (χ0v) is 25.9. The van der Waals surface area contributed by atoms with Gasteiger partial charge in [-0.15, -0.1) is 0 Å². The Labute approximate surface area is 274 Å². The number of amides is 4. The predicted octanol–water partition coefficient (Wildman–Crippen LogP) is 5.15. The fourth-order valence-corrected chi connectivity index (χ4v) is 8.75. The summed E-state index contributed by atoms with van der Waals surface area (Å²) in [4.78, 5) is 57.7. The Morgan fingerprint density at radius 2 is 1.70 bits per heavy atom. The average molecular weight is 654 g/mol. The van der Waals surface area contributed by atoms with Gasteiger partial charge in [0.15, 0.2) is 0 Å². The third-order valence-electron chi connectivity index (χ3n) is 10.6. The van der Waals surface area contributed by atoms with E-state index < -0.39 is 52.6 Å². The van der Waals surface area contributed by atoms with E-state index in [1.807, 2.05) is 6.08 Å². The first-order chi connectivity index (χ1) is 22.6. The summed E-state index contributed by atoms with van der Waals surface area (Å²) in [5.74, 6) is -4.86. The number of hydrazine groups is 1. The van der Waals surface area contributed by atoms with Crippen molar-refractivity contribution in [3.8, 4) is 11.5 Å². The zero-order chi connectivity index (χ0) is 32.8. The van der Waals surface area contributed by atoms with Gasteiger partial charge in [-0.3, -0.25) is 29.5 Å². The number of aromatic hydroxyl groups is 1. The van der Waals surface area contributed by atoms with Gasteiger partial charge in [-0.25, -0.2) is 4.39 Å². The molecular formula is C36H29ClFN3O6. The molecule has 0 bridgehead atoms. The lowest BCUT2D eigenvalue weighted by Crippen LogP contribution is -2.55. The van der Waals surface area contributed by atoms with Crippen LogP contribution in [0.1, 0.15) is 24.0 Å². The van der Waals surface area contributed by atoms with Crippen molar-refractivity contribution in [2.24, 2.45) is 29.6 Å². The molecule has 3 fully saturated rings. The van der Waals surface area contributed by atoms with Crippen LogP contribution < -0.4 is 10.2 Å². The summed E-state index contributed by atoms with van der Waals surface area (Å²) in [5, 5.41) is 11.8. The molecule has 238 valence electrons. The van der Waals surface area contributed by atoms with Gasteiger partial charge in [-0.1, -0.05) is 35.4 Å². The van der Waals surface area contributed by atoms with Crippen LogP contribution in [0.2, 0.25) is 5.02 Å². The Balaban J connectivity index is 1.34. The maximum atomic E-state index is 15.1. The minimum Gasteiger partial charge on any atom is -0.508 e. The molecule has 3 heterocycles. The van der Waals surface area contributed by atoms with Crippen molar-refractivity contribution >= 4 is 40.9 Å². The number of likely N-dealkylation sites (tertiary alicyclic amines) is 1. The fraction of sp³-hybridized carbons (Fsp3) is 0.278. The molecule has 6 atom stereocenters. The number of hydrogen-bond acceptors (Lipinski definition) is 7. The summed E-state index contributed by atoms with van der Waals surface area (Å²) in [5.41, 5.74) is 4.54. The number of allylic oxidation sites excluding steroid dienone is 3. The lowest BCUT2D eigenvalue weighted by molar-refractivity contribution is -0.140. The van der Waals surface area contributed by atoms with Crippen LogP contribution in [0.5, 0.6) is 11.5 Å². The highest BCUT2D eigenvalue weighted by Crippen LogP contribution is 2.63.